The molecule has 2 fully saturated rings. The van der Waals surface area contributed by atoms with E-state index in [4.69, 9.17) is 4.74 Å². The second-order valence-electron chi connectivity index (χ2n) is 8.32. The van der Waals surface area contributed by atoms with Gasteiger partial charge in [-0.1, -0.05) is 41.0 Å². The van der Waals surface area contributed by atoms with Gasteiger partial charge in [-0.2, -0.15) is 0 Å². The van der Waals surface area contributed by atoms with Crippen molar-refractivity contribution in [3.05, 3.63) is 0 Å². The second kappa shape index (κ2) is 5.06. The van der Waals surface area contributed by atoms with Crippen LogP contribution in [0.5, 0.6) is 0 Å². The Balaban J connectivity index is 2.23. The third-order valence-electron chi connectivity index (χ3n) is 6.75. The molecule has 2 rings (SSSR count). The molecule has 1 heteroatoms. The van der Waals surface area contributed by atoms with Crippen LogP contribution in [0.2, 0.25) is 0 Å². The predicted molar refractivity (Wildman–Crippen MR) is 82.3 cm³/mol. The van der Waals surface area contributed by atoms with E-state index in [1.54, 1.807) is 0 Å². The van der Waals surface area contributed by atoms with E-state index in [0.717, 1.165) is 18.9 Å². The molecule has 0 N–H and O–H groups in total. The predicted octanol–water partition coefficient (Wildman–Crippen LogP) is 5.43. The molecule has 0 heterocycles. The normalized spacial score (nSPS) is 45.8. The first kappa shape index (κ1) is 15.4. The highest BCUT2D eigenvalue weighted by molar-refractivity contribution is 5.06. The number of ether oxygens (including phenoxy) is 1. The summed E-state index contributed by atoms with van der Waals surface area (Å²) in [6.45, 7) is 15.5. The summed E-state index contributed by atoms with van der Waals surface area (Å²) in [4.78, 5) is 0. The van der Waals surface area contributed by atoms with Crippen molar-refractivity contribution in [3.8, 4) is 0 Å². The van der Waals surface area contributed by atoms with E-state index in [-0.39, 0.29) is 5.60 Å². The SMILES string of the molecule is CCCO[C@@]1(C)CC[C@@H]2C(C)(C)CCC[C@@]2(C)C1C. The van der Waals surface area contributed by atoms with Crippen molar-refractivity contribution >= 4 is 0 Å². The van der Waals surface area contributed by atoms with Gasteiger partial charge in [0.15, 0.2) is 0 Å². The van der Waals surface area contributed by atoms with E-state index >= 15 is 0 Å². The average molecular weight is 266 g/mol. The molecule has 19 heavy (non-hydrogen) atoms. The Bertz CT molecular complexity index is 322. The van der Waals surface area contributed by atoms with Crippen LogP contribution in [0.4, 0.5) is 0 Å². The minimum atomic E-state index is 0.106. The van der Waals surface area contributed by atoms with Gasteiger partial charge >= 0.3 is 0 Å². The van der Waals surface area contributed by atoms with Crippen molar-refractivity contribution in [1.82, 2.24) is 0 Å². The Morgan fingerprint density at radius 1 is 1.05 bits per heavy atom. The maximum Gasteiger partial charge on any atom is 0.0685 e. The topological polar surface area (TPSA) is 9.23 Å². The molecule has 1 nitrogen and oxygen atoms in total. The van der Waals surface area contributed by atoms with Crippen LogP contribution in [0.15, 0.2) is 0 Å². The number of fused-ring (bicyclic) bond motifs is 1. The van der Waals surface area contributed by atoms with Crippen molar-refractivity contribution in [1.29, 1.82) is 0 Å². The summed E-state index contributed by atoms with van der Waals surface area (Å²) >= 11 is 0. The summed E-state index contributed by atoms with van der Waals surface area (Å²) in [5.41, 5.74) is 1.10. The molecule has 112 valence electrons. The molecule has 2 aliphatic carbocycles. The Kier molecular flexibility index (Phi) is 4.09. The minimum absolute atomic E-state index is 0.106. The van der Waals surface area contributed by atoms with Crippen molar-refractivity contribution < 1.29 is 4.74 Å². The highest BCUT2D eigenvalue weighted by atomic mass is 16.5. The summed E-state index contributed by atoms with van der Waals surface area (Å²) in [6, 6.07) is 0. The van der Waals surface area contributed by atoms with Crippen molar-refractivity contribution in [2.45, 2.75) is 85.7 Å². The Hall–Kier alpha value is -0.0400. The lowest BCUT2D eigenvalue weighted by atomic mass is 9.46. The molecule has 0 aliphatic heterocycles. The maximum atomic E-state index is 6.31. The van der Waals surface area contributed by atoms with E-state index in [0.29, 0.717) is 16.7 Å². The molecule has 2 saturated carbocycles. The van der Waals surface area contributed by atoms with Crippen LogP contribution < -0.4 is 0 Å². The van der Waals surface area contributed by atoms with Gasteiger partial charge in [0.2, 0.25) is 0 Å². The van der Waals surface area contributed by atoms with Crippen molar-refractivity contribution in [2.75, 3.05) is 6.61 Å². The lowest BCUT2D eigenvalue weighted by molar-refractivity contribution is -0.185. The van der Waals surface area contributed by atoms with Crippen LogP contribution in [0.25, 0.3) is 0 Å². The van der Waals surface area contributed by atoms with E-state index in [1.807, 2.05) is 0 Å². The van der Waals surface area contributed by atoms with E-state index in [9.17, 15) is 0 Å². The van der Waals surface area contributed by atoms with Gasteiger partial charge in [-0.15, -0.1) is 0 Å². The Morgan fingerprint density at radius 2 is 1.74 bits per heavy atom. The standard InChI is InChI=1S/C18H34O/c1-7-13-19-18(6)12-9-15-16(3,4)10-8-11-17(15,5)14(18)2/h14-15H,7-13H2,1-6H3/t14?,15-,17+,18+/m1/s1. The third-order valence-corrected chi connectivity index (χ3v) is 6.75. The van der Waals surface area contributed by atoms with Gasteiger partial charge in [0, 0.05) is 6.61 Å². The zero-order valence-electron chi connectivity index (χ0n) is 14.0. The van der Waals surface area contributed by atoms with Crippen LogP contribution in [-0.4, -0.2) is 12.2 Å². The maximum absolute atomic E-state index is 6.31. The average Bonchev–Trinajstić information content (AvgIpc) is 2.32. The van der Waals surface area contributed by atoms with Gasteiger partial charge in [0.05, 0.1) is 5.60 Å². The van der Waals surface area contributed by atoms with Crippen molar-refractivity contribution in [2.24, 2.45) is 22.7 Å². The fraction of sp³-hybridized carbons (Fsp3) is 1.00. The molecule has 0 radical (unpaired) electrons. The van der Waals surface area contributed by atoms with Crippen LogP contribution in [0, 0.1) is 22.7 Å². The molecule has 0 amide bonds. The van der Waals surface area contributed by atoms with Crippen LogP contribution >= 0.6 is 0 Å². The molecular formula is C18H34O. The van der Waals surface area contributed by atoms with E-state index in [2.05, 4.69) is 41.5 Å². The van der Waals surface area contributed by atoms with E-state index < -0.39 is 0 Å². The smallest absolute Gasteiger partial charge is 0.0685 e. The summed E-state index contributed by atoms with van der Waals surface area (Å²) in [6.07, 6.45) is 7.94. The minimum Gasteiger partial charge on any atom is -0.375 e. The molecule has 2 aliphatic rings. The monoisotopic (exact) mass is 266 g/mol. The second-order valence-corrected chi connectivity index (χ2v) is 8.32. The fourth-order valence-electron chi connectivity index (χ4n) is 5.28. The number of hydrogen-bond donors (Lipinski definition) is 0. The van der Waals surface area contributed by atoms with Gasteiger partial charge in [-0.25, -0.2) is 0 Å². The molecule has 0 spiro atoms. The zero-order valence-corrected chi connectivity index (χ0v) is 14.0. The van der Waals surface area contributed by atoms with Gasteiger partial charge in [-0.05, 0) is 61.7 Å². The van der Waals surface area contributed by atoms with Gasteiger partial charge in [-0.3, -0.25) is 0 Å². The first-order valence-electron chi connectivity index (χ1n) is 8.40. The van der Waals surface area contributed by atoms with Crippen LogP contribution in [0.1, 0.15) is 80.1 Å². The van der Waals surface area contributed by atoms with Gasteiger partial charge in [0.25, 0.3) is 0 Å². The molecule has 0 saturated heterocycles. The summed E-state index contributed by atoms with van der Waals surface area (Å²) in [5, 5.41) is 0. The van der Waals surface area contributed by atoms with E-state index in [1.165, 1.54) is 32.1 Å². The zero-order chi connectivity index (χ0) is 14.3. The molecule has 0 aromatic carbocycles. The summed E-state index contributed by atoms with van der Waals surface area (Å²) in [5.74, 6) is 1.55. The molecule has 0 aromatic rings. The van der Waals surface area contributed by atoms with Crippen LogP contribution in [-0.2, 0) is 4.74 Å². The van der Waals surface area contributed by atoms with Gasteiger partial charge in [0.1, 0.15) is 0 Å². The van der Waals surface area contributed by atoms with Crippen molar-refractivity contribution in [3.63, 3.8) is 0 Å². The Morgan fingerprint density at radius 3 is 2.37 bits per heavy atom. The quantitative estimate of drug-likeness (QED) is 0.661. The number of rotatable bonds is 3. The molecule has 1 unspecified atom stereocenters. The van der Waals surface area contributed by atoms with Crippen LogP contribution in [0.3, 0.4) is 0 Å². The summed E-state index contributed by atoms with van der Waals surface area (Å²) in [7, 11) is 0. The lowest BCUT2D eigenvalue weighted by Crippen LogP contribution is -2.57. The lowest BCUT2D eigenvalue weighted by Gasteiger charge is -2.61. The van der Waals surface area contributed by atoms with Gasteiger partial charge < -0.3 is 4.74 Å². The first-order chi connectivity index (χ1) is 8.76. The number of hydrogen-bond acceptors (Lipinski definition) is 1. The fourth-order valence-corrected chi connectivity index (χ4v) is 5.28. The third kappa shape index (κ3) is 2.48. The summed E-state index contributed by atoms with van der Waals surface area (Å²) < 4.78 is 6.31. The first-order valence-corrected chi connectivity index (χ1v) is 8.40. The molecule has 4 atom stereocenters. The molecular weight excluding hydrogens is 232 g/mol. The molecule has 0 bridgehead atoms. The highest BCUT2D eigenvalue weighted by Gasteiger charge is 2.56. The largest absolute Gasteiger partial charge is 0.375 e. The Labute approximate surface area is 120 Å². The molecule has 0 aromatic heterocycles. The highest BCUT2D eigenvalue weighted by Crippen LogP contribution is 2.62.